The van der Waals surface area contributed by atoms with E-state index in [4.69, 9.17) is 16.3 Å². The van der Waals surface area contributed by atoms with Crippen molar-refractivity contribution in [2.24, 2.45) is 0 Å². The van der Waals surface area contributed by atoms with E-state index in [-0.39, 0.29) is 18.0 Å². The molecule has 1 N–H and O–H groups in total. The van der Waals surface area contributed by atoms with Gasteiger partial charge < -0.3 is 19.5 Å². The first-order chi connectivity index (χ1) is 13.4. The van der Waals surface area contributed by atoms with Gasteiger partial charge in [0.1, 0.15) is 0 Å². The highest BCUT2D eigenvalue weighted by Crippen LogP contribution is 2.23. The lowest BCUT2D eigenvalue weighted by atomic mass is 10.0. The summed E-state index contributed by atoms with van der Waals surface area (Å²) in [6.07, 6.45) is 1.17. The maximum Gasteiger partial charge on any atom is 0.409 e. The van der Waals surface area contributed by atoms with Crippen LogP contribution >= 0.6 is 11.6 Å². The van der Waals surface area contributed by atoms with E-state index >= 15 is 0 Å². The van der Waals surface area contributed by atoms with Crippen molar-refractivity contribution in [1.29, 1.82) is 0 Å². The van der Waals surface area contributed by atoms with Crippen molar-refractivity contribution >= 4 is 23.6 Å². The molecule has 28 heavy (non-hydrogen) atoms. The highest BCUT2D eigenvalue weighted by atomic mass is 35.5. The number of amides is 2. The molecule has 1 aliphatic rings. The first-order valence-corrected chi connectivity index (χ1v) is 9.96. The number of carbonyl (C=O) groups excluding carboxylic acids is 2. The second-order valence-electron chi connectivity index (χ2n) is 7.03. The number of aryl methyl sites for hydroxylation is 1. The number of aromatic nitrogens is 1. The van der Waals surface area contributed by atoms with E-state index < -0.39 is 0 Å². The standard InChI is InChI=1S/C21H26ClN3O3/c1-4-28-21(27)24-11-9-17(10-12-24)23-20(26)19-13-14(2)25(15(19)3)18-7-5-16(22)6-8-18/h5-8,13,17H,4,9-12H2,1-3H3,(H,23,26). The third-order valence-corrected chi connectivity index (χ3v) is 5.37. The van der Waals surface area contributed by atoms with Crippen molar-refractivity contribution in [2.75, 3.05) is 19.7 Å². The van der Waals surface area contributed by atoms with Crippen LogP contribution < -0.4 is 5.32 Å². The quantitative estimate of drug-likeness (QED) is 0.835. The van der Waals surface area contributed by atoms with Crippen molar-refractivity contribution in [3.8, 4) is 5.69 Å². The number of hydrogen-bond donors (Lipinski definition) is 1. The molecule has 1 aromatic heterocycles. The Bertz CT molecular complexity index is 853. The van der Waals surface area contributed by atoms with E-state index in [0.717, 1.165) is 29.9 Å². The maximum atomic E-state index is 12.9. The van der Waals surface area contributed by atoms with Crippen molar-refractivity contribution in [3.05, 3.63) is 52.3 Å². The van der Waals surface area contributed by atoms with Gasteiger partial charge in [-0.15, -0.1) is 0 Å². The lowest BCUT2D eigenvalue weighted by Crippen LogP contribution is -2.46. The van der Waals surface area contributed by atoms with Crippen LogP contribution in [0, 0.1) is 13.8 Å². The van der Waals surface area contributed by atoms with Gasteiger partial charge in [-0.1, -0.05) is 11.6 Å². The molecule has 6 nitrogen and oxygen atoms in total. The zero-order chi connectivity index (χ0) is 20.3. The highest BCUT2D eigenvalue weighted by Gasteiger charge is 2.26. The summed E-state index contributed by atoms with van der Waals surface area (Å²) in [5.74, 6) is -0.0806. The van der Waals surface area contributed by atoms with Crippen LogP contribution in [0.25, 0.3) is 5.69 Å². The number of rotatable bonds is 4. The SMILES string of the molecule is CCOC(=O)N1CCC(NC(=O)c2cc(C)n(-c3ccc(Cl)cc3)c2C)CC1. The van der Waals surface area contributed by atoms with E-state index in [0.29, 0.717) is 30.3 Å². The minimum atomic E-state index is -0.279. The lowest BCUT2D eigenvalue weighted by molar-refractivity contribution is 0.0859. The molecule has 0 unspecified atom stereocenters. The van der Waals surface area contributed by atoms with Gasteiger partial charge in [-0.2, -0.15) is 0 Å². The summed E-state index contributed by atoms with van der Waals surface area (Å²) in [6, 6.07) is 9.52. The fourth-order valence-corrected chi connectivity index (χ4v) is 3.79. The van der Waals surface area contributed by atoms with Crippen molar-refractivity contribution in [2.45, 2.75) is 39.7 Å². The zero-order valence-corrected chi connectivity index (χ0v) is 17.3. The van der Waals surface area contributed by atoms with E-state index in [2.05, 4.69) is 9.88 Å². The van der Waals surface area contributed by atoms with E-state index in [9.17, 15) is 9.59 Å². The molecule has 1 saturated heterocycles. The summed E-state index contributed by atoms with van der Waals surface area (Å²) < 4.78 is 7.09. The zero-order valence-electron chi connectivity index (χ0n) is 16.5. The topological polar surface area (TPSA) is 63.6 Å². The second kappa shape index (κ2) is 8.69. The summed E-state index contributed by atoms with van der Waals surface area (Å²) in [5, 5.41) is 3.80. The largest absolute Gasteiger partial charge is 0.450 e. The number of halogens is 1. The molecular weight excluding hydrogens is 378 g/mol. The molecule has 1 aliphatic heterocycles. The number of carbonyl (C=O) groups is 2. The van der Waals surface area contributed by atoms with Gasteiger partial charge in [0.25, 0.3) is 5.91 Å². The van der Waals surface area contributed by atoms with Gasteiger partial charge in [0, 0.05) is 41.2 Å². The number of ether oxygens (including phenoxy) is 1. The smallest absolute Gasteiger partial charge is 0.409 e. The van der Waals surface area contributed by atoms with E-state index in [1.54, 1.807) is 11.8 Å². The van der Waals surface area contributed by atoms with Crippen molar-refractivity contribution in [3.63, 3.8) is 0 Å². The van der Waals surface area contributed by atoms with Crippen LogP contribution in [0.4, 0.5) is 4.79 Å². The summed E-state index contributed by atoms with van der Waals surface area (Å²) in [4.78, 5) is 26.3. The van der Waals surface area contributed by atoms with Crippen LogP contribution in [0.5, 0.6) is 0 Å². The number of likely N-dealkylation sites (tertiary alicyclic amines) is 1. The van der Waals surface area contributed by atoms with Gasteiger partial charge in [0.2, 0.25) is 0 Å². The molecule has 7 heteroatoms. The van der Waals surface area contributed by atoms with Gasteiger partial charge in [-0.3, -0.25) is 4.79 Å². The van der Waals surface area contributed by atoms with Gasteiger partial charge >= 0.3 is 6.09 Å². The number of benzene rings is 1. The molecule has 0 saturated carbocycles. The molecule has 0 aliphatic carbocycles. The maximum absolute atomic E-state index is 12.9. The first-order valence-electron chi connectivity index (χ1n) is 9.58. The Hall–Kier alpha value is -2.47. The van der Waals surface area contributed by atoms with Gasteiger partial charge in [-0.25, -0.2) is 4.79 Å². The third kappa shape index (κ3) is 4.33. The minimum absolute atomic E-state index is 0.0526. The first kappa shape index (κ1) is 20.3. The fourth-order valence-electron chi connectivity index (χ4n) is 3.66. The number of hydrogen-bond acceptors (Lipinski definition) is 3. The molecule has 3 rings (SSSR count). The molecule has 0 spiro atoms. The van der Waals surface area contributed by atoms with Gasteiger partial charge in [0.15, 0.2) is 0 Å². The summed E-state index contributed by atoms with van der Waals surface area (Å²) in [6.45, 7) is 7.28. The van der Waals surface area contributed by atoms with Crippen molar-refractivity contribution in [1.82, 2.24) is 14.8 Å². The Balaban J connectivity index is 1.67. The average Bonchev–Trinajstić information content (AvgIpc) is 2.98. The van der Waals surface area contributed by atoms with Gasteiger partial charge in [0.05, 0.1) is 12.2 Å². The number of nitrogens with zero attached hydrogens (tertiary/aromatic N) is 2. The predicted octanol–water partition coefficient (Wildman–Crippen LogP) is 4.10. The molecular formula is C21H26ClN3O3. The van der Waals surface area contributed by atoms with Crippen LogP contribution in [0.2, 0.25) is 5.02 Å². The molecule has 0 bridgehead atoms. The Kier molecular flexibility index (Phi) is 6.29. The summed E-state index contributed by atoms with van der Waals surface area (Å²) in [7, 11) is 0. The Morgan fingerprint density at radius 3 is 2.43 bits per heavy atom. The normalized spacial score (nSPS) is 14.8. The molecule has 2 aromatic rings. The average molecular weight is 404 g/mol. The van der Waals surface area contributed by atoms with E-state index in [1.165, 1.54) is 0 Å². The van der Waals surface area contributed by atoms with Crippen LogP contribution in [-0.4, -0.2) is 47.2 Å². The molecule has 1 aromatic carbocycles. The highest BCUT2D eigenvalue weighted by molar-refractivity contribution is 6.30. The van der Waals surface area contributed by atoms with Crippen molar-refractivity contribution < 1.29 is 14.3 Å². The van der Waals surface area contributed by atoms with Gasteiger partial charge in [-0.05, 0) is 63.9 Å². The fraction of sp³-hybridized carbons (Fsp3) is 0.429. The molecule has 2 amide bonds. The molecule has 0 radical (unpaired) electrons. The monoisotopic (exact) mass is 403 g/mol. The van der Waals surface area contributed by atoms with E-state index in [1.807, 2.05) is 44.2 Å². The summed E-state index contributed by atoms with van der Waals surface area (Å²) in [5.41, 5.74) is 3.52. The molecule has 2 heterocycles. The molecule has 1 fully saturated rings. The Labute approximate surface area is 170 Å². The Morgan fingerprint density at radius 2 is 1.82 bits per heavy atom. The Morgan fingerprint density at radius 1 is 1.18 bits per heavy atom. The molecule has 0 atom stereocenters. The summed E-state index contributed by atoms with van der Waals surface area (Å²) >= 11 is 5.98. The number of nitrogens with one attached hydrogen (secondary N) is 1. The van der Waals surface area contributed by atoms with Crippen LogP contribution in [0.15, 0.2) is 30.3 Å². The third-order valence-electron chi connectivity index (χ3n) is 5.12. The predicted molar refractivity (Wildman–Crippen MR) is 109 cm³/mol. The lowest BCUT2D eigenvalue weighted by Gasteiger charge is -2.31. The van der Waals surface area contributed by atoms with Crippen LogP contribution in [-0.2, 0) is 4.74 Å². The minimum Gasteiger partial charge on any atom is -0.450 e. The number of piperidine rings is 1. The second-order valence-corrected chi connectivity index (χ2v) is 7.47. The molecule has 150 valence electrons. The van der Waals surface area contributed by atoms with Crippen LogP contribution in [0.3, 0.4) is 0 Å². The van der Waals surface area contributed by atoms with Crippen LogP contribution in [0.1, 0.15) is 41.5 Å².